The molecular weight excluding hydrogens is 193 g/mol. The molecule has 0 bridgehead atoms. The number of halogens is 1. The van der Waals surface area contributed by atoms with E-state index in [0.29, 0.717) is 0 Å². The van der Waals surface area contributed by atoms with Gasteiger partial charge in [-0.1, -0.05) is 11.8 Å². The topological polar surface area (TPSA) is 50.2 Å². The number of carbonyl (C=O) groups is 1. The highest BCUT2D eigenvalue weighted by atomic mass is 32.2. The van der Waals surface area contributed by atoms with Crippen LogP contribution >= 0.6 is 11.8 Å². The van der Waals surface area contributed by atoms with Crippen molar-refractivity contribution in [2.45, 2.75) is 17.2 Å². The largest absolute Gasteiger partial charge is 0.480 e. The lowest BCUT2D eigenvalue weighted by Gasteiger charge is -2.04. The summed E-state index contributed by atoms with van der Waals surface area (Å²) in [6.07, 6.45) is 1.43. The number of rotatable bonds is 3. The lowest BCUT2D eigenvalue weighted by atomic mass is 10.5. The van der Waals surface area contributed by atoms with Gasteiger partial charge in [-0.3, -0.25) is 4.79 Å². The third kappa shape index (κ3) is 2.69. The average Bonchev–Trinajstić information content (AvgIpc) is 2.08. The molecule has 1 aromatic rings. The number of carboxylic acids is 1. The number of hydrogen-bond acceptors (Lipinski definition) is 3. The molecule has 0 aliphatic carbocycles. The van der Waals surface area contributed by atoms with Gasteiger partial charge in [0.15, 0.2) is 5.82 Å². The van der Waals surface area contributed by atoms with Gasteiger partial charge in [0.25, 0.3) is 0 Å². The van der Waals surface area contributed by atoms with Gasteiger partial charge in [-0.05, 0) is 19.1 Å². The first-order valence-corrected chi connectivity index (χ1v) is 4.49. The first-order valence-electron chi connectivity index (χ1n) is 3.61. The van der Waals surface area contributed by atoms with Gasteiger partial charge in [-0.2, -0.15) is 0 Å². The summed E-state index contributed by atoms with van der Waals surface area (Å²) >= 11 is 0.893. The Kier molecular flexibility index (Phi) is 3.25. The number of nitrogens with zero attached hydrogens (tertiary/aromatic N) is 1. The molecule has 5 heteroatoms. The third-order valence-electron chi connectivity index (χ3n) is 1.36. The van der Waals surface area contributed by atoms with Crippen molar-refractivity contribution in [2.24, 2.45) is 0 Å². The van der Waals surface area contributed by atoms with Crippen molar-refractivity contribution in [1.82, 2.24) is 4.98 Å². The summed E-state index contributed by atoms with van der Waals surface area (Å²) < 4.78 is 12.9. The first-order chi connectivity index (χ1) is 6.11. The van der Waals surface area contributed by atoms with Gasteiger partial charge in [-0.25, -0.2) is 9.37 Å². The molecule has 1 N–H and O–H groups in total. The third-order valence-corrected chi connectivity index (χ3v) is 2.44. The summed E-state index contributed by atoms with van der Waals surface area (Å²) in [7, 11) is 0. The van der Waals surface area contributed by atoms with E-state index in [0.717, 1.165) is 11.8 Å². The van der Waals surface area contributed by atoms with Crippen LogP contribution in [0.15, 0.2) is 23.4 Å². The molecule has 70 valence electrons. The van der Waals surface area contributed by atoms with Crippen LogP contribution in [0.2, 0.25) is 0 Å². The molecule has 13 heavy (non-hydrogen) atoms. The van der Waals surface area contributed by atoms with Crippen molar-refractivity contribution in [1.29, 1.82) is 0 Å². The predicted molar refractivity (Wildman–Crippen MR) is 47.1 cm³/mol. The van der Waals surface area contributed by atoms with Crippen LogP contribution in [0.25, 0.3) is 0 Å². The van der Waals surface area contributed by atoms with Crippen LogP contribution in [-0.4, -0.2) is 21.3 Å². The Morgan fingerprint density at radius 2 is 2.46 bits per heavy atom. The van der Waals surface area contributed by atoms with Crippen LogP contribution in [0.3, 0.4) is 0 Å². The van der Waals surface area contributed by atoms with Crippen LogP contribution in [0, 0.1) is 5.82 Å². The molecule has 0 saturated carbocycles. The Hall–Kier alpha value is -1.10. The number of thioether (sulfide) groups is 1. The highest BCUT2D eigenvalue weighted by Crippen LogP contribution is 2.23. The minimum Gasteiger partial charge on any atom is -0.480 e. The van der Waals surface area contributed by atoms with Gasteiger partial charge in [0.05, 0.1) is 0 Å². The van der Waals surface area contributed by atoms with E-state index in [-0.39, 0.29) is 5.03 Å². The monoisotopic (exact) mass is 201 g/mol. The molecule has 0 saturated heterocycles. The van der Waals surface area contributed by atoms with E-state index in [1.54, 1.807) is 0 Å². The first kappa shape index (κ1) is 9.98. The smallest absolute Gasteiger partial charge is 0.316 e. The molecule has 1 atom stereocenters. The fourth-order valence-electron chi connectivity index (χ4n) is 0.676. The maximum atomic E-state index is 12.9. The lowest BCUT2D eigenvalue weighted by molar-refractivity contribution is -0.136. The number of pyridine rings is 1. The summed E-state index contributed by atoms with van der Waals surface area (Å²) in [5.41, 5.74) is 0. The minimum absolute atomic E-state index is 0.123. The van der Waals surface area contributed by atoms with Gasteiger partial charge < -0.3 is 5.11 Å². The molecule has 1 unspecified atom stereocenters. The molecule has 0 fully saturated rings. The summed E-state index contributed by atoms with van der Waals surface area (Å²) in [5.74, 6) is -1.46. The zero-order valence-electron chi connectivity index (χ0n) is 6.90. The van der Waals surface area contributed by atoms with E-state index in [9.17, 15) is 9.18 Å². The highest BCUT2D eigenvalue weighted by Gasteiger charge is 2.15. The maximum absolute atomic E-state index is 12.9. The molecule has 0 spiro atoms. The maximum Gasteiger partial charge on any atom is 0.316 e. The molecule has 3 nitrogen and oxygen atoms in total. The van der Waals surface area contributed by atoms with E-state index in [1.807, 2.05) is 0 Å². The zero-order chi connectivity index (χ0) is 9.84. The number of hydrogen-bond donors (Lipinski definition) is 1. The van der Waals surface area contributed by atoms with Crippen LogP contribution in [0.1, 0.15) is 6.92 Å². The van der Waals surface area contributed by atoms with Crippen molar-refractivity contribution in [3.05, 3.63) is 24.1 Å². The van der Waals surface area contributed by atoms with Crippen LogP contribution in [-0.2, 0) is 4.79 Å². The standard InChI is InChI=1S/C8H8FNO2S/c1-5(8(11)12)13-7-6(9)3-2-4-10-7/h2-5H,1H3,(H,11,12). The fraction of sp³-hybridized carbons (Fsp3) is 0.250. The normalized spacial score (nSPS) is 12.5. The van der Waals surface area contributed by atoms with Gasteiger partial charge in [0.2, 0.25) is 0 Å². The van der Waals surface area contributed by atoms with Gasteiger partial charge in [0.1, 0.15) is 10.3 Å². The second kappa shape index (κ2) is 4.23. The quantitative estimate of drug-likeness (QED) is 0.757. The second-order valence-corrected chi connectivity index (χ2v) is 3.72. The van der Waals surface area contributed by atoms with Gasteiger partial charge >= 0.3 is 5.97 Å². The lowest BCUT2D eigenvalue weighted by Crippen LogP contribution is -2.11. The molecule has 0 aliphatic rings. The molecule has 0 amide bonds. The Balaban J connectivity index is 2.74. The molecule has 0 aliphatic heterocycles. The van der Waals surface area contributed by atoms with Crippen molar-refractivity contribution >= 4 is 17.7 Å². The molecule has 1 aromatic heterocycles. The van der Waals surface area contributed by atoms with Gasteiger partial charge in [0, 0.05) is 6.20 Å². The van der Waals surface area contributed by atoms with Crippen LogP contribution in [0.5, 0.6) is 0 Å². The highest BCUT2D eigenvalue weighted by molar-refractivity contribution is 8.00. The van der Waals surface area contributed by atoms with Crippen molar-refractivity contribution in [3.8, 4) is 0 Å². The Bertz CT molecular complexity index is 319. The van der Waals surface area contributed by atoms with E-state index in [4.69, 9.17) is 5.11 Å². The number of aliphatic carboxylic acids is 1. The zero-order valence-corrected chi connectivity index (χ0v) is 7.71. The van der Waals surface area contributed by atoms with E-state index in [2.05, 4.69) is 4.98 Å². The number of aromatic nitrogens is 1. The van der Waals surface area contributed by atoms with Crippen molar-refractivity contribution in [2.75, 3.05) is 0 Å². The SMILES string of the molecule is CC(Sc1ncccc1F)C(=O)O. The van der Waals surface area contributed by atoms with Crippen LogP contribution in [0.4, 0.5) is 4.39 Å². The Morgan fingerprint density at radius 3 is 3.00 bits per heavy atom. The van der Waals surface area contributed by atoms with Crippen LogP contribution < -0.4 is 0 Å². The summed E-state index contributed by atoms with van der Waals surface area (Å²) in [6.45, 7) is 1.49. The molecule has 1 rings (SSSR count). The van der Waals surface area contributed by atoms with Crippen molar-refractivity contribution < 1.29 is 14.3 Å². The summed E-state index contributed by atoms with van der Waals surface area (Å²) in [5, 5.41) is 8.00. The summed E-state index contributed by atoms with van der Waals surface area (Å²) in [4.78, 5) is 14.2. The Labute approximate surface area is 79.0 Å². The molecule has 0 radical (unpaired) electrons. The predicted octanol–water partition coefficient (Wildman–Crippen LogP) is 1.79. The minimum atomic E-state index is -0.977. The molecule has 0 aromatic carbocycles. The summed E-state index contributed by atoms with van der Waals surface area (Å²) in [6, 6.07) is 2.72. The molecular formula is C8H8FNO2S. The van der Waals surface area contributed by atoms with E-state index in [1.165, 1.54) is 25.3 Å². The molecule has 1 heterocycles. The average molecular weight is 201 g/mol. The Morgan fingerprint density at radius 1 is 1.77 bits per heavy atom. The van der Waals surface area contributed by atoms with Crippen molar-refractivity contribution in [3.63, 3.8) is 0 Å². The van der Waals surface area contributed by atoms with Gasteiger partial charge in [-0.15, -0.1) is 0 Å². The van der Waals surface area contributed by atoms with E-state index < -0.39 is 17.0 Å². The van der Waals surface area contributed by atoms with E-state index >= 15 is 0 Å². The second-order valence-electron chi connectivity index (χ2n) is 2.39. The number of carboxylic acid groups (broad SMARTS) is 1. The fourth-order valence-corrected chi connectivity index (χ4v) is 1.41.